The fraction of sp³-hybridized carbons (Fsp3) is 0.360. The molecule has 5 nitrogen and oxygen atoms in total. The molecule has 0 bridgehead atoms. The van der Waals surface area contributed by atoms with Crippen LogP contribution in [0.5, 0.6) is 11.5 Å². The average Bonchev–Trinajstić information content (AvgIpc) is 2.68. The molecule has 4 rings (SSSR count). The van der Waals surface area contributed by atoms with Gasteiger partial charge in [-0.15, -0.1) is 0 Å². The number of phenols is 1. The zero-order valence-corrected chi connectivity index (χ0v) is 17.9. The summed E-state index contributed by atoms with van der Waals surface area (Å²) in [4.78, 5) is 28.4. The largest absolute Gasteiger partial charge is 0.504 e. The Labute approximate surface area is 177 Å². The van der Waals surface area contributed by atoms with Gasteiger partial charge in [-0.1, -0.05) is 37.6 Å². The van der Waals surface area contributed by atoms with E-state index in [1.807, 2.05) is 31.2 Å². The fourth-order valence-corrected chi connectivity index (χ4v) is 4.60. The number of amides is 1. The molecule has 0 saturated heterocycles. The Morgan fingerprint density at radius 2 is 1.77 bits per heavy atom. The summed E-state index contributed by atoms with van der Waals surface area (Å²) in [6.45, 7) is 6.15. The highest BCUT2D eigenvalue weighted by molar-refractivity contribution is 6.07. The monoisotopic (exact) mass is 405 g/mol. The third-order valence-electron chi connectivity index (χ3n) is 6.04. The van der Waals surface area contributed by atoms with Gasteiger partial charge in [0.2, 0.25) is 5.91 Å². The maximum absolute atomic E-state index is 13.4. The van der Waals surface area contributed by atoms with Crippen LogP contribution in [-0.4, -0.2) is 23.9 Å². The van der Waals surface area contributed by atoms with Crippen molar-refractivity contribution in [2.45, 2.75) is 46.0 Å². The summed E-state index contributed by atoms with van der Waals surface area (Å²) in [5.41, 5.74) is 4.02. The second-order valence-electron chi connectivity index (χ2n) is 9.05. The van der Waals surface area contributed by atoms with Gasteiger partial charge in [-0.25, -0.2) is 0 Å². The number of phenolic OH excluding ortho intramolecular Hbond substituents is 1. The highest BCUT2D eigenvalue weighted by Crippen LogP contribution is 2.48. The maximum Gasteiger partial charge on any atom is 0.232 e. The van der Waals surface area contributed by atoms with Crippen molar-refractivity contribution >= 4 is 17.4 Å². The van der Waals surface area contributed by atoms with Crippen molar-refractivity contribution in [1.29, 1.82) is 0 Å². The molecule has 1 aliphatic heterocycles. The molecule has 156 valence electrons. The first kappa shape index (κ1) is 20.2. The number of hydrogen-bond acceptors (Lipinski definition) is 4. The van der Waals surface area contributed by atoms with E-state index in [-0.39, 0.29) is 35.2 Å². The van der Waals surface area contributed by atoms with Crippen LogP contribution in [0.4, 0.5) is 5.69 Å². The molecule has 1 aliphatic carbocycles. The van der Waals surface area contributed by atoms with Crippen molar-refractivity contribution in [3.05, 3.63) is 64.9 Å². The van der Waals surface area contributed by atoms with E-state index in [0.717, 1.165) is 22.5 Å². The number of carbonyl (C=O) groups excluding carboxylic acids is 2. The number of hydrogen-bond donors (Lipinski definition) is 1. The quantitative estimate of drug-likeness (QED) is 0.791. The van der Waals surface area contributed by atoms with Crippen LogP contribution in [0.1, 0.15) is 50.2 Å². The summed E-state index contributed by atoms with van der Waals surface area (Å²) >= 11 is 0. The van der Waals surface area contributed by atoms with Crippen molar-refractivity contribution in [2.24, 2.45) is 5.41 Å². The third kappa shape index (κ3) is 3.49. The van der Waals surface area contributed by atoms with E-state index in [1.165, 1.54) is 7.11 Å². The molecular formula is C25H27NO4. The van der Waals surface area contributed by atoms with Gasteiger partial charge in [0.15, 0.2) is 17.3 Å². The van der Waals surface area contributed by atoms with Crippen LogP contribution in [0.2, 0.25) is 0 Å². The van der Waals surface area contributed by atoms with Crippen molar-refractivity contribution in [3.63, 3.8) is 0 Å². The second-order valence-corrected chi connectivity index (χ2v) is 9.05. The minimum Gasteiger partial charge on any atom is -0.504 e. The molecule has 1 heterocycles. The van der Waals surface area contributed by atoms with Crippen LogP contribution in [0.15, 0.2) is 53.7 Å². The van der Waals surface area contributed by atoms with Gasteiger partial charge >= 0.3 is 0 Å². The number of nitrogens with zero attached hydrogens (tertiary/aromatic N) is 1. The number of methoxy groups -OCH3 is 1. The maximum atomic E-state index is 13.4. The number of ether oxygens (including phenoxy) is 1. The molecule has 2 aromatic carbocycles. The van der Waals surface area contributed by atoms with E-state index < -0.39 is 0 Å². The van der Waals surface area contributed by atoms with E-state index in [1.54, 1.807) is 23.1 Å². The van der Waals surface area contributed by atoms with Gasteiger partial charge in [0, 0.05) is 35.7 Å². The smallest absolute Gasteiger partial charge is 0.232 e. The first-order valence-electron chi connectivity index (χ1n) is 10.2. The Bertz CT molecular complexity index is 1050. The Hall–Kier alpha value is -3.08. The number of rotatable bonds is 3. The Balaban J connectivity index is 1.89. The van der Waals surface area contributed by atoms with E-state index >= 15 is 0 Å². The molecule has 2 aromatic rings. The van der Waals surface area contributed by atoms with Crippen LogP contribution < -0.4 is 9.64 Å². The normalized spacial score (nSPS) is 20.9. The van der Waals surface area contributed by atoms with E-state index in [2.05, 4.69) is 13.8 Å². The summed E-state index contributed by atoms with van der Waals surface area (Å²) in [6, 6.07) is 12.9. The number of aromatic hydroxyl groups is 1. The fourth-order valence-electron chi connectivity index (χ4n) is 4.60. The Morgan fingerprint density at radius 1 is 1.07 bits per heavy atom. The summed E-state index contributed by atoms with van der Waals surface area (Å²) in [5, 5.41) is 9.97. The number of allylic oxidation sites excluding steroid dienone is 2. The molecule has 2 aliphatic rings. The van der Waals surface area contributed by atoms with E-state index in [0.29, 0.717) is 24.2 Å². The molecule has 1 atom stereocenters. The van der Waals surface area contributed by atoms with Gasteiger partial charge < -0.3 is 9.84 Å². The van der Waals surface area contributed by atoms with Crippen LogP contribution in [0.3, 0.4) is 0 Å². The number of benzene rings is 2. The first-order chi connectivity index (χ1) is 14.2. The lowest BCUT2D eigenvalue weighted by atomic mass is 9.69. The van der Waals surface area contributed by atoms with Gasteiger partial charge in [-0.05, 0) is 48.6 Å². The summed E-state index contributed by atoms with van der Waals surface area (Å²) in [5.74, 6) is 0.0944. The molecule has 0 spiro atoms. The second kappa shape index (κ2) is 7.31. The van der Waals surface area contributed by atoms with Gasteiger partial charge in [0.25, 0.3) is 0 Å². The van der Waals surface area contributed by atoms with Crippen LogP contribution >= 0.6 is 0 Å². The standard InChI is InChI=1S/C25H27NO4/c1-15-5-8-17(9-6-15)26-19-13-25(2,3)14-21(28)24(19)18(12-23(26)29)16-7-10-20(27)22(11-16)30-4/h5-11,18,27H,12-14H2,1-4H3. The lowest BCUT2D eigenvalue weighted by Gasteiger charge is -2.43. The minimum atomic E-state index is -0.340. The SMILES string of the molecule is COc1cc(C2CC(=O)N(c3ccc(C)cc3)C3=C2C(=O)CC(C)(C)C3)ccc1O. The molecule has 1 amide bonds. The molecule has 0 fully saturated rings. The topological polar surface area (TPSA) is 66.8 Å². The molecule has 30 heavy (non-hydrogen) atoms. The number of ketones is 1. The highest BCUT2D eigenvalue weighted by Gasteiger charge is 2.44. The van der Waals surface area contributed by atoms with Crippen molar-refractivity contribution in [3.8, 4) is 11.5 Å². The van der Waals surface area contributed by atoms with Gasteiger partial charge in [0.1, 0.15) is 0 Å². The molecule has 0 radical (unpaired) electrons. The van der Waals surface area contributed by atoms with Crippen molar-refractivity contribution in [1.82, 2.24) is 0 Å². The van der Waals surface area contributed by atoms with Gasteiger partial charge in [-0.2, -0.15) is 0 Å². The predicted molar refractivity (Wildman–Crippen MR) is 116 cm³/mol. The van der Waals surface area contributed by atoms with Gasteiger partial charge in [0.05, 0.1) is 7.11 Å². The first-order valence-corrected chi connectivity index (χ1v) is 10.2. The predicted octanol–water partition coefficient (Wildman–Crippen LogP) is 4.87. The molecular weight excluding hydrogens is 378 g/mol. The van der Waals surface area contributed by atoms with Crippen LogP contribution in [0.25, 0.3) is 0 Å². The Morgan fingerprint density at radius 3 is 2.43 bits per heavy atom. The van der Waals surface area contributed by atoms with Gasteiger partial charge in [-0.3, -0.25) is 14.5 Å². The van der Waals surface area contributed by atoms with Crippen LogP contribution in [0, 0.1) is 12.3 Å². The number of Topliss-reactive ketones (excluding diaryl/α,β-unsaturated/α-hetero) is 1. The molecule has 0 aromatic heterocycles. The molecule has 5 heteroatoms. The molecule has 1 N–H and O–H groups in total. The van der Waals surface area contributed by atoms with Crippen molar-refractivity contribution in [2.75, 3.05) is 12.0 Å². The van der Waals surface area contributed by atoms with Crippen LogP contribution in [-0.2, 0) is 9.59 Å². The van der Waals surface area contributed by atoms with E-state index in [4.69, 9.17) is 4.74 Å². The zero-order chi connectivity index (χ0) is 21.6. The van der Waals surface area contributed by atoms with E-state index in [9.17, 15) is 14.7 Å². The highest BCUT2D eigenvalue weighted by atomic mass is 16.5. The number of aryl methyl sites for hydroxylation is 1. The third-order valence-corrected chi connectivity index (χ3v) is 6.04. The molecule has 1 unspecified atom stereocenters. The number of anilines is 1. The lowest BCUT2D eigenvalue weighted by molar-refractivity contribution is -0.121. The minimum absolute atomic E-state index is 0.0276. The Kier molecular flexibility index (Phi) is 4.92. The zero-order valence-electron chi connectivity index (χ0n) is 17.9. The summed E-state index contributed by atoms with van der Waals surface area (Å²) in [6.07, 6.45) is 1.31. The lowest BCUT2D eigenvalue weighted by Crippen LogP contribution is -2.43. The molecule has 0 saturated carbocycles. The number of carbonyl (C=O) groups is 2. The average molecular weight is 405 g/mol. The summed E-state index contributed by atoms with van der Waals surface area (Å²) in [7, 11) is 1.49. The van der Waals surface area contributed by atoms with Crippen molar-refractivity contribution < 1.29 is 19.4 Å². The summed E-state index contributed by atoms with van der Waals surface area (Å²) < 4.78 is 5.25.